The van der Waals surface area contributed by atoms with Crippen LogP contribution in [0.5, 0.6) is 0 Å². The molecule has 52 valence electrons. The summed E-state index contributed by atoms with van der Waals surface area (Å²) < 4.78 is 2.52. The molecule has 0 amide bonds. The van der Waals surface area contributed by atoms with E-state index in [2.05, 4.69) is 4.13 Å². The van der Waals surface area contributed by atoms with Crippen LogP contribution in [0, 0.1) is 0 Å². The largest absolute Gasteiger partial charge is 0.286 e. The Morgan fingerprint density at radius 3 is 1.67 bits per heavy atom. The Morgan fingerprint density at radius 1 is 1.11 bits per heavy atom. The van der Waals surface area contributed by atoms with Crippen LogP contribution < -0.4 is 4.13 Å². The molecular weight excluding hydrogens is 158 g/mol. The van der Waals surface area contributed by atoms with Gasteiger partial charge in [-0.3, -0.25) is 9.59 Å². The maximum Gasteiger partial charge on any atom is 0.201 e. The Kier molecular flexibility index (Phi) is 4.84. The van der Waals surface area contributed by atoms with Crippen molar-refractivity contribution in [3.8, 4) is 0 Å². The number of carbonyl (C=O) groups excluding carboxylic acids is 2. The Morgan fingerprint density at radius 2 is 1.44 bits per heavy atom. The number of carbonyl (C=O) groups is 2. The molecule has 3 nitrogen and oxygen atoms in total. The summed E-state index contributed by atoms with van der Waals surface area (Å²) in [6.07, 6.45) is 0. The maximum absolute atomic E-state index is 10.2. The smallest absolute Gasteiger partial charge is 0.201 e. The van der Waals surface area contributed by atoms with Gasteiger partial charge >= 0.3 is 0 Å². The van der Waals surface area contributed by atoms with Crippen LogP contribution in [0.1, 0.15) is 13.8 Å². The molecule has 5 heteroatoms. The minimum atomic E-state index is -0.0521. The van der Waals surface area contributed by atoms with Gasteiger partial charge in [-0.1, -0.05) is 0 Å². The molecule has 0 heterocycles. The lowest BCUT2D eigenvalue weighted by molar-refractivity contribution is -0.109. The number of rotatable bonds is 2. The van der Waals surface area contributed by atoms with Crippen molar-refractivity contribution in [2.45, 2.75) is 13.8 Å². The summed E-state index contributed by atoms with van der Waals surface area (Å²) in [6.45, 7) is 2.86. The van der Waals surface area contributed by atoms with Crippen molar-refractivity contribution in [3.05, 3.63) is 0 Å². The fourth-order valence-electron chi connectivity index (χ4n) is 0.138. The van der Waals surface area contributed by atoms with Crippen LogP contribution in [0.15, 0.2) is 0 Å². The van der Waals surface area contributed by atoms with Gasteiger partial charge in [0.15, 0.2) is 0 Å². The van der Waals surface area contributed by atoms with E-state index in [0.29, 0.717) is 0 Å². The van der Waals surface area contributed by atoms with E-state index in [-0.39, 0.29) is 10.2 Å². The van der Waals surface area contributed by atoms with Gasteiger partial charge in [-0.15, -0.1) is 0 Å². The predicted molar refractivity (Wildman–Crippen MR) is 39.7 cm³/mol. The Balaban J connectivity index is 3.10. The minimum absolute atomic E-state index is 0.0521. The fourth-order valence-corrected chi connectivity index (χ4v) is 1.24. The van der Waals surface area contributed by atoms with Gasteiger partial charge in [-0.25, -0.2) is 0 Å². The van der Waals surface area contributed by atoms with Gasteiger partial charge in [0.25, 0.3) is 0 Å². The zero-order valence-corrected chi connectivity index (χ0v) is 6.77. The molecule has 1 N–H and O–H groups in total. The van der Waals surface area contributed by atoms with Crippen LogP contribution >= 0.6 is 23.9 Å². The molecule has 0 fully saturated rings. The Bertz CT molecular complexity index is 112. The highest BCUT2D eigenvalue weighted by atomic mass is 32.2. The van der Waals surface area contributed by atoms with Crippen LogP contribution in [0.25, 0.3) is 0 Å². The molecule has 0 spiro atoms. The van der Waals surface area contributed by atoms with E-state index < -0.39 is 0 Å². The average molecular weight is 165 g/mol. The first kappa shape index (κ1) is 9.00. The van der Waals surface area contributed by atoms with Crippen LogP contribution in [-0.2, 0) is 9.59 Å². The molecule has 0 radical (unpaired) electrons. The number of nitrogens with one attached hydrogen (secondary N) is 1. The van der Waals surface area contributed by atoms with Crippen molar-refractivity contribution in [1.82, 2.24) is 4.13 Å². The lowest BCUT2D eigenvalue weighted by Gasteiger charge is -1.92. The first-order valence-electron chi connectivity index (χ1n) is 2.22. The van der Waals surface area contributed by atoms with E-state index in [9.17, 15) is 9.59 Å². The molecule has 0 aromatic carbocycles. The van der Waals surface area contributed by atoms with Crippen molar-refractivity contribution < 1.29 is 9.59 Å². The van der Waals surface area contributed by atoms with E-state index in [4.69, 9.17) is 0 Å². The number of hydrogen-bond acceptors (Lipinski definition) is 5. The van der Waals surface area contributed by atoms with Crippen molar-refractivity contribution in [2.75, 3.05) is 0 Å². The molecule has 0 saturated carbocycles. The summed E-state index contributed by atoms with van der Waals surface area (Å²) in [6, 6.07) is 0. The third-order valence-electron chi connectivity index (χ3n) is 0.371. The van der Waals surface area contributed by atoms with Crippen molar-refractivity contribution in [2.24, 2.45) is 0 Å². The molecule has 0 aliphatic carbocycles. The van der Waals surface area contributed by atoms with Crippen LogP contribution in [0.4, 0.5) is 0 Å². The highest BCUT2D eigenvalue weighted by Gasteiger charge is 1.95. The van der Waals surface area contributed by atoms with E-state index in [1.807, 2.05) is 0 Å². The topological polar surface area (TPSA) is 46.2 Å². The average Bonchev–Trinajstić information content (AvgIpc) is 1.63. The zero-order chi connectivity index (χ0) is 7.28. The minimum Gasteiger partial charge on any atom is -0.286 e. The first-order valence-corrected chi connectivity index (χ1v) is 3.86. The monoisotopic (exact) mass is 165 g/mol. The van der Waals surface area contributed by atoms with Crippen molar-refractivity contribution in [1.29, 1.82) is 0 Å². The van der Waals surface area contributed by atoms with Crippen LogP contribution in [0.2, 0.25) is 0 Å². The maximum atomic E-state index is 10.2. The molecule has 9 heavy (non-hydrogen) atoms. The quantitative estimate of drug-likeness (QED) is 0.618. The molecule has 0 bridgehead atoms. The zero-order valence-electron chi connectivity index (χ0n) is 5.13. The van der Waals surface area contributed by atoms with Crippen molar-refractivity contribution >= 4 is 34.1 Å². The van der Waals surface area contributed by atoms with Gasteiger partial charge in [0.2, 0.25) is 10.2 Å². The summed E-state index contributed by atoms with van der Waals surface area (Å²) in [5.41, 5.74) is 0. The van der Waals surface area contributed by atoms with Crippen LogP contribution in [-0.4, -0.2) is 10.2 Å². The Hall–Kier alpha value is -0.0000000000000000555. The third-order valence-corrected chi connectivity index (χ3v) is 1.61. The first-order chi connectivity index (χ1) is 4.13. The highest BCUT2D eigenvalue weighted by Crippen LogP contribution is 2.03. The van der Waals surface area contributed by atoms with Crippen molar-refractivity contribution in [3.63, 3.8) is 0 Å². The highest BCUT2D eigenvalue weighted by molar-refractivity contribution is 8.25. The molecule has 0 atom stereocenters. The summed E-state index contributed by atoms with van der Waals surface area (Å²) in [7, 11) is 0. The molecular formula is C4H7NO2S2. The van der Waals surface area contributed by atoms with Gasteiger partial charge in [0, 0.05) is 37.7 Å². The van der Waals surface area contributed by atoms with E-state index in [1.54, 1.807) is 0 Å². The summed E-state index contributed by atoms with van der Waals surface area (Å²) in [5, 5.41) is -0.104. The fraction of sp³-hybridized carbons (Fsp3) is 0.500. The Labute approximate surface area is 62.2 Å². The molecule has 0 aliphatic rings. The van der Waals surface area contributed by atoms with Gasteiger partial charge in [-0.05, 0) is 0 Å². The van der Waals surface area contributed by atoms with E-state index in [1.165, 1.54) is 13.8 Å². The van der Waals surface area contributed by atoms with Crippen LogP contribution in [0.3, 0.4) is 0 Å². The normalized spacial score (nSPS) is 9.11. The lowest BCUT2D eigenvalue weighted by atomic mass is 10.9. The summed E-state index contributed by atoms with van der Waals surface area (Å²) in [4.78, 5) is 20.4. The van der Waals surface area contributed by atoms with Gasteiger partial charge in [0.1, 0.15) is 0 Å². The third kappa shape index (κ3) is 8.00. The molecule has 0 aromatic rings. The SMILES string of the molecule is CC(=O)SNSC(C)=O. The predicted octanol–water partition coefficient (Wildman–Crippen LogP) is 0.965. The molecule has 0 rings (SSSR count). The second-order valence-electron chi connectivity index (χ2n) is 1.27. The molecule has 0 aliphatic heterocycles. The van der Waals surface area contributed by atoms with Gasteiger partial charge in [-0.2, -0.15) is 4.13 Å². The second-order valence-corrected chi connectivity index (χ2v) is 3.50. The lowest BCUT2D eigenvalue weighted by Crippen LogP contribution is -1.98. The van der Waals surface area contributed by atoms with Gasteiger partial charge < -0.3 is 0 Å². The number of hydrogen-bond donors (Lipinski definition) is 1. The second kappa shape index (κ2) is 4.84. The molecule has 0 saturated heterocycles. The van der Waals surface area contributed by atoms with E-state index in [0.717, 1.165) is 23.9 Å². The van der Waals surface area contributed by atoms with E-state index >= 15 is 0 Å². The van der Waals surface area contributed by atoms with Gasteiger partial charge in [0.05, 0.1) is 0 Å². The summed E-state index contributed by atoms with van der Waals surface area (Å²) >= 11 is 1.83. The summed E-state index contributed by atoms with van der Waals surface area (Å²) in [5.74, 6) is 0. The molecule has 0 aromatic heterocycles. The molecule has 0 unspecified atom stereocenters. The standard InChI is InChI=1S/C4H7NO2S2/c1-3(6)8-5-9-4(2)7/h5H,1-2H3.